The van der Waals surface area contributed by atoms with Crippen molar-refractivity contribution in [2.24, 2.45) is 11.3 Å². The van der Waals surface area contributed by atoms with E-state index in [0.717, 1.165) is 5.52 Å². The van der Waals surface area contributed by atoms with Crippen LogP contribution in [-0.4, -0.2) is 23.2 Å². The van der Waals surface area contributed by atoms with Gasteiger partial charge in [-0.15, -0.1) is 0 Å². The molecule has 1 saturated carbocycles. The number of ether oxygens (including phenoxy) is 1. The average molecular weight is 261 g/mol. The van der Waals surface area contributed by atoms with Gasteiger partial charge in [-0.2, -0.15) is 0 Å². The molecule has 0 spiro atoms. The Bertz CT molecular complexity index is 659. The second-order valence-corrected chi connectivity index (χ2v) is 5.50. The van der Waals surface area contributed by atoms with Crippen molar-refractivity contribution in [1.82, 2.24) is 4.98 Å². The normalized spacial score (nSPS) is 24.4. The molecule has 1 heterocycles. The molecule has 1 aliphatic carbocycles. The molecule has 5 nitrogen and oxygen atoms in total. The molecule has 0 aliphatic heterocycles. The maximum absolute atomic E-state index is 11.2. The van der Waals surface area contributed by atoms with Crippen molar-refractivity contribution >= 4 is 17.1 Å². The SMILES string of the molecule is COc1ccc2nc(C3C(C(=O)O)C3(C)C)oc2c1. The van der Waals surface area contributed by atoms with Crippen LogP contribution in [0.15, 0.2) is 22.6 Å². The van der Waals surface area contributed by atoms with Crippen molar-refractivity contribution < 1.29 is 19.1 Å². The minimum absolute atomic E-state index is 0.164. The number of rotatable bonds is 3. The molecule has 1 aromatic heterocycles. The lowest BCUT2D eigenvalue weighted by Gasteiger charge is -1.97. The number of carboxylic acid groups (broad SMARTS) is 1. The summed E-state index contributed by atoms with van der Waals surface area (Å²) in [6.07, 6.45) is 0. The minimum atomic E-state index is -0.796. The van der Waals surface area contributed by atoms with E-state index in [1.54, 1.807) is 19.2 Å². The van der Waals surface area contributed by atoms with E-state index < -0.39 is 11.9 Å². The van der Waals surface area contributed by atoms with Gasteiger partial charge in [0.2, 0.25) is 0 Å². The molecule has 0 bridgehead atoms. The number of carbonyl (C=O) groups is 1. The molecule has 2 aromatic rings. The smallest absolute Gasteiger partial charge is 0.307 e. The third kappa shape index (κ3) is 1.69. The highest BCUT2D eigenvalue weighted by Gasteiger charge is 2.65. The van der Waals surface area contributed by atoms with Crippen LogP contribution in [0.5, 0.6) is 5.75 Å². The zero-order valence-corrected chi connectivity index (χ0v) is 11.0. The Morgan fingerprint density at radius 2 is 2.21 bits per heavy atom. The Morgan fingerprint density at radius 1 is 1.47 bits per heavy atom. The van der Waals surface area contributed by atoms with Crippen molar-refractivity contribution in [2.45, 2.75) is 19.8 Å². The minimum Gasteiger partial charge on any atom is -0.497 e. The molecule has 1 fully saturated rings. The van der Waals surface area contributed by atoms with Gasteiger partial charge in [-0.1, -0.05) is 13.8 Å². The van der Waals surface area contributed by atoms with Gasteiger partial charge < -0.3 is 14.3 Å². The molecule has 5 heteroatoms. The maximum Gasteiger partial charge on any atom is 0.307 e. The van der Waals surface area contributed by atoms with Gasteiger partial charge in [-0.3, -0.25) is 4.79 Å². The molecule has 0 amide bonds. The number of carboxylic acids is 1. The van der Waals surface area contributed by atoms with Gasteiger partial charge in [-0.05, 0) is 17.5 Å². The number of methoxy groups -OCH3 is 1. The van der Waals surface area contributed by atoms with Crippen molar-refractivity contribution in [1.29, 1.82) is 0 Å². The molecular formula is C14H15NO4. The zero-order chi connectivity index (χ0) is 13.8. The molecule has 100 valence electrons. The Labute approximate surface area is 110 Å². The third-order valence-corrected chi connectivity index (χ3v) is 3.97. The first-order valence-corrected chi connectivity index (χ1v) is 6.12. The molecule has 2 unspecified atom stereocenters. The number of nitrogens with zero attached hydrogens (tertiary/aromatic N) is 1. The number of aromatic nitrogens is 1. The molecule has 0 saturated heterocycles. The van der Waals surface area contributed by atoms with Gasteiger partial charge in [0, 0.05) is 6.07 Å². The highest BCUT2D eigenvalue weighted by molar-refractivity contribution is 5.78. The molecule has 1 aromatic carbocycles. The third-order valence-electron chi connectivity index (χ3n) is 3.97. The lowest BCUT2D eigenvalue weighted by molar-refractivity contribution is -0.139. The zero-order valence-electron chi connectivity index (χ0n) is 11.0. The summed E-state index contributed by atoms with van der Waals surface area (Å²) in [5, 5.41) is 9.19. The Kier molecular flexibility index (Phi) is 2.36. The second-order valence-electron chi connectivity index (χ2n) is 5.50. The van der Waals surface area contributed by atoms with E-state index in [9.17, 15) is 9.90 Å². The average Bonchev–Trinajstić information content (AvgIpc) is 2.75. The van der Waals surface area contributed by atoms with E-state index in [2.05, 4.69) is 4.98 Å². The van der Waals surface area contributed by atoms with Gasteiger partial charge >= 0.3 is 5.97 Å². The van der Waals surface area contributed by atoms with E-state index in [-0.39, 0.29) is 11.3 Å². The number of benzene rings is 1. The lowest BCUT2D eigenvalue weighted by atomic mass is 10.1. The van der Waals surface area contributed by atoms with Gasteiger partial charge in [0.1, 0.15) is 11.3 Å². The van der Waals surface area contributed by atoms with Gasteiger partial charge in [0.15, 0.2) is 11.5 Å². The van der Waals surface area contributed by atoms with Crippen molar-refractivity contribution in [3.63, 3.8) is 0 Å². The highest BCUT2D eigenvalue weighted by Crippen LogP contribution is 2.64. The Morgan fingerprint density at radius 3 is 2.79 bits per heavy atom. The topological polar surface area (TPSA) is 72.6 Å². The number of fused-ring (bicyclic) bond motifs is 1. The van der Waals surface area contributed by atoms with Crippen LogP contribution in [0.25, 0.3) is 11.1 Å². The van der Waals surface area contributed by atoms with Crippen LogP contribution in [0.4, 0.5) is 0 Å². The number of oxazole rings is 1. The van der Waals surface area contributed by atoms with E-state index >= 15 is 0 Å². The fraction of sp³-hybridized carbons (Fsp3) is 0.429. The first-order valence-electron chi connectivity index (χ1n) is 6.12. The van der Waals surface area contributed by atoms with Crippen molar-refractivity contribution in [3.05, 3.63) is 24.1 Å². The van der Waals surface area contributed by atoms with Crippen LogP contribution in [-0.2, 0) is 4.79 Å². The fourth-order valence-electron chi connectivity index (χ4n) is 2.74. The molecule has 3 rings (SSSR count). The number of hydrogen-bond acceptors (Lipinski definition) is 4. The first kappa shape index (κ1) is 12.0. The monoisotopic (exact) mass is 261 g/mol. The van der Waals surface area contributed by atoms with Crippen LogP contribution >= 0.6 is 0 Å². The van der Waals surface area contributed by atoms with Crippen LogP contribution in [0.2, 0.25) is 0 Å². The first-order chi connectivity index (χ1) is 8.95. The summed E-state index contributed by atoms with van der Waals surface area (Å²) in [5.74, 6) is -0.193. The van der Waals surface area contributed by atoms with Crippen LogP contribution in [0.3, 0.4) is 0 Å². The Balaban J connectivity index is 2.01. The fourth-order valence-corrected chi connectivity index (χ4v) is 2.74. The number of hydrogen-bond donors (Lipinski definition) is 1. The summed E-state index contributed by atoms with van der Waals surface area (Å²) in [5.41, 5.74) is 1.04. The number of aliphatic carboxylic acids is 1. The van der Waals surface area contributed by atoms with Crippen LogP contribution < -0.4 is 4.74 Å². The predicted octanol–water partition coefficient (Wildman–Crippen LogP) is 2.66. The summed E-state index contributed by atoms with van der Waals surface area (Å²) < 4.78 is 10.8. The maximum atomic E-state index is 11.2. The quantitative estimate of drug-likeness (QED) is 0.919. The van der Waals surface area contributed by atoms with Gasteiger partial charge in [-0.25, -0.2) is 4.98 Å². The Hall–Kier alpha value is -2.04. The largest absolute Gasteiger partial charge is 0.497 e. The molecule has 19 heavy (non-hydrogen) atoms. The van der Waals surface area contributed by atoms with E-state index in [1.807, 2.05) is 19.9 Å². The van der Waals surface area contributed by atoms with E-state index in [1.165, 1.54) is 0 Å². The van der Waals surface area contributed by atoms with Gasteiger partial charge in [0.25, 0.3) is 0 Å². The molecule has 1 N–H and O–H groups in total. The molecule has 1 aliphatic rings. The summed E-state index contributed by atoms with van der Waals surface area (Å²) >= 11 is 0. The van der Waals surface area contributed by atoms with Crippen molar-refractivity contribution in [3.8, 4) is 5.75 Å². The second kappa shape index (κ2) is 3.73. The summed E-state index contributed by atoms with van der Waals surface area (Å²) in [6.45, 7) is 3.85. The predicted molar refractivity (Wildman–Crippen MR) is 68.2 cm³/mol. The van der Waals surface area contributed by atoms with Crippen LogP contribution in [0, 0.1) is 11.3 Å². The van der Waals surface area contributed by atoms with Gasteiger partial charge in [0.05, 0.1) is 18.9 Å². The standard InChI is InChI=1S/C14H15NO4/c1-14(2)10(11(14)13(16)17)12-15-8-5-4-7(18-3)6-9(8)19-12/h4-6,10-11H,1-3H3,(H,16,17). The summed E-state index contributed by atoms with van der Waals surface area (Å²) in [7, 11) is 1.59. The van der Waals surface area contributed by atoms with E-state index in [0.29, 0.717) is 17.2 Å². The highest BCUT2D eigenvalue weighted by atomic mass is 16.5. The molecule has 2 atom stereocenters. The summed E-state index contributed by atoms with van der Waals surface area (Å²) in [4.78, 5) is 15.6. The van der Waals surface area contributed by atoms with E-state index in [4.69, 9.17) is 9.15 Å². The summed E-state index contributed by atoms with van der Waals surface area (Å²) in [6, 6.07) is 5.38. The molecular weight excluding hydrogens is 246 g/mol. The van der Waals surface area contributed by atoms with Crippen LogP contribution in [0.1, 0.15) is 25.7 Å². The molecule has 0 radical (unpaired) electrons. The van der Waals surface area contributed by atoms with Crippen molar-refractivity contribution in [2.75, 3.05) is 7.11 Å². The lowest BCUT2D eigenvalue weighted by Crippen LogP contribution is -2.03.